The number of hydrogen-bond donors (Lipinski definition) is 1. The summed E-state index contributed by atoms with van der Waals surface area (Å²) in [4.78, 5) is 6.57. The molecule has 0 radical (unpaired) electrons. The minimum atomic E-state index is -4.32. The first-order valence-corrected chi connectivity index (χ1v) is 8.78. The van der Waals surface area contributed by atoms with Crippen molar-refractivity contribution >= 4 is 5.96 Å². The van der Waals surface area contributed by atoms with Crippen LogP contribution in [0, 0.1) is 13.8 Å². The van der Waals surface area contributed by atoms with Crippen molar-refractivity contribution in [3.63, 3.8) is 0 Å². The number of nitrogens with one attached hydrogen (secondary N) is 1. The van der Waals surface area contributed by atoms with Crippen LogP contribution in [0.15, 0.2) is 29.3 Å². The first-order chi connectivity index (χ1) is 12.6. The van der Waals surface area contributed by atoms with Crippen molar-refractivity contribution in [1.82, 2.24) is 20.0 Å². The zero-order valence-electron chi connectivity index (χ0n) is 16.4. The lowest BCUT2D eigenvalue weighted by Gasteiger charge is -2.22. The number of nitrogens with zero attached hydrogens (tertiary/aromatic N) is 4. The Morgan fingerprint density at radius 3 is 2.33 bits per heavy atom. The van der Waals surface area contributed by atoms with Crippen LogP contribution in [0.25, 0.3) is 0 Å². The molecule has 1 aromatic heterocycles. The molecule has 8 heteroatoms. The third kappa shape index (κ3) is 5.24. The molecular formula is C19H26F3N5. The Morgan fingerprint density at radius 2 is 1.85 bits per heavy atom. The lowest BCUT2D eigenvalue weighted by molar-refractivity contribution is -0.137. The normalized spacial score (nSPS) is 12.4. The predicted octanol–water partition coefficient (Wildman–Crippen LogP) is 3.65. The summed E-state index contributed by atoms with van der Waals surface area (Å²) in [5.41, 5.74) is 3.23. The van der Waals surface area contributed by atoms with E-state index in [0.29, 0.717) is 25.6 Å². The van der Waals surface area contributed by atoms with Crippen LogP contribution < -0.4 is 5.32 Å². The van der Waals surface area contributed by atoms with Crippen LogP contribution in [-0.2, 0) is 26.3 Å². The molecule has 27 heavy (non-hydrogen) atoms. The van der Waals surface area contributed by atoms with Gasteiger partial charge in [0, 0.05) is 38.4 Å². The predicted molar refractivity (Wildman–Crippen MR) is 100 cm³/mol. The molecule has 148 valence electrons. The van der Waals surface area contributed by atoms with Crippen molar-refractivity contribution in [3.8, 4) is 0 Å². The average Bonchev–Trinajstić information content (AvgIpc) is 2.83. The van der Waals surface area contributed by atoms with E-state index in [1.807, 2.05) is 44.4 Å². The van der Waals surface area contributed by atoms with Crippen LogP contribution in [0.2, 0.25) is 0 Å². The van der Waals surface area contributed by atoms with Gasteiger partial charge in [0.2, 0.25) is 0 Å². The van der Waals surface area contributed by atoms with E-state index in [-0.39, 0.29) is 0 Å². The summed E-state index contributed by atoms with van der Waals surface area (Å²) in [6.45, 7) is 7.57. The molecule has 0 saturated heterocycles. The second-order valence-corrected chi connectivity index (χ2v) is 6.49. The van der Waals surface area contributed by atoms with Crippen molar-refractivity contribution < 1.29 is 13.2 Å². The molecule has 1 N–H and O–H groups in total. The van der Waals surface area contributed by atoms with E-state index in [0.717, 1.165) is 34.6 Å². The van der Waals surface area contributed by atoms with E-state index in [1.54, 1.807) is 0 Å². The molecule has 1 aromatic carbocycles. The number of guanidine groups is 1. The van der Waals surface area contributed by atoms with Crippen LogP contribution >= 0.6 is 0 Å². The van der Waals surface area contributed by atoms with Crippen LogP contribution in [0.5, 0.6) is 0 Å². The van der Waals surface area contributed by atoms with Gasteiger partial charge in [-0.1, -0.05) is 12.1 Å². The summed E-state index contributed by atoms with van der Waals surface area (Å²) < 4.78 is 39.9. The number of aryl methyl sites for hydroxylation is 2. The first-order valence-electron chi connectivity index (χ1n) is 8.78. The van der Waals surface area contributed by atoms with Crippen LogP contribution in [0.3, 0.4) is 0 Å². The maximum absolute atomic E-state index is 12.7. The van der Waals surface area contributed by atoms with Crippen LogP contribution in [0.4, 0.5) is 13.2 Å². The number of aliphatic imine (C=N–C) groups is 1. The third-order valence-electron chi connectivity index (χ3n) is 4.44. The van der Waals surface area contributed by atoms with Gasteiger partial charge in [0.25, 0.3) is 0 Å². The van der Waals surface area contributed by atoms with Gasteiger partial charge in [0.05, 0.1) is 17.8 Å². The number of benzene rings is 1. The number of aromatic nitrogens is 2. The fraction of sp³-hybridized carbons (Fsp3) is 0.474. The Kier molecular flexibility index (Phi) is 6.51. The van der Waals surface area contributed by atoms with Gasteiger partial charge in [-0.3, -0.25) is 4.68 Å². The summed E-state index contributed by atoms with van der Waals surface area (Å²) in [5.74, 6) is 0.694. The van der Waals surface area contributed by atoms with Crippen molar-refractivity contribution in [2.75, 3.05) is 13.6 Å². The molecule has 0 atom stereocenters. The molecule has 0 aliphatic rings. The van der Waals surface area contributed by atoms with Crippen LogP contribution in [0.1, 0.15) is 35.0 Å². The Bertz CT molecular complexity index is 791. The van der Waals surface area contributed by atoms with Crippen molar-refractivity contribution in [2.45, 2.75) is 40.0 Å². The summed E-state index contributed by atoms with van der Waals surface area (Å²) in [6.07, 6.45) is -4.32. The third-order valence-corrected chi connectivity index (χ3v) is 4.44. The van der Waals surface area contributed by atoms with Gasteiger partial charge in [0.1, 0.15) is 0 Å². The Balaban J connectivity index is 2.13. The monoisotopic (exact) mass is 381 g/mol. The summed E-state index contributed by atoms with van der Waals surface area (Å²) in [7, 11) is 3.76. The van der Waals surface area contributed by atoms with E-state index < -0.39 is 11.7 Å². The zero-order valence-corrected chi connectivity index (χ0v) is 16.4. The van der Waals surface area contributed by atoms with Gasteiger partial charge in [0.15, 0.2) is 5.96 Å². The quantitative estimate of drug-likeness (QED) is 0.635. The van der Waals surface area contributed by atoms with E-state index >= 15 is 0 Å². The minimum absolute atomic E-state index is 0.453. The number of alkyl halides is 3. The molecule has 2 aromatic rings. The highest BCUT2D eigenvalue weighted by atomic mass is 19.4. The molecule has 2 rings (SSSR count). The smallest absolute Gasteiger partial charge is 0.357 e. The highest BCUT2D eigenvalue weighted by molar-refractivity contribution is 5.79. The summed E-state index contributed by atoms with van der Waals surface area (Å²) >= 11 is 0. The SMILES string of the molecule is CCNC(=NCc1c(C)nn(C)c1C)N(C)Cc1ccc(C(F)(F)F)cc1. The maximum atomic E-state index is 12.7. The largest absolute Gasteiger partial charge is 0.416 e. The summed E-state index contributed by atoms with van der Waals surface area (Å²) in [6, 6.07) is 5.21. The first kappa shape index (κ1) is 20.8. The number of hydrogen-bond acceptors (Lipinski definition) is 2. The molecule has 0 amide bonds. The van der Waals surface area contributed by atoms with Crippen molar-refractivity contribution in [2.24, 2.45) is 12.0 Å². The van der Waals surface area contributed by atoms with Gasteiger partial charge in [-0.15, -0.1) is 0 Å². The van der Waals surface area contributed by atoms with E-state index in [4.69, 9.17) is 0 Å². The van der Waals surface area contributed by atoms with Gasteiger partial charge < -0.3 is 10.2 Å². The van der Waals surface area contributed by atoms with Gasteiger partial charge in [-0.2, -0.15) is 18.3 Å². The van der Waals surface area contributed by atoms with E-state index in [1.165, 1.54) is 12.1 Å². The minimum Gasteiger partial charge on any atom is -0.357 e. The summed E-state index contributed by atoms with van der Waals surface area (Å²) in [5, 5.41) is 7.62. The molecular weight excluding hydrogens is 355 g/mol. The fourth-order valence-corrected chi connectivity index (χ4v) is 2.82. The van der Waals surface area contributed by atoms with Crippen molar-refractivity contribution in [3.05, 3.63) is 52.3 Å². The van der Waals surface area contributed by atoms with E-state index in [9.17, 15) is 13.2 Å². The molecule has 0 saturated carbocycles. The lowest BCUT2D eigenvalue weighted by atomic mass is 10.1. The van der Waals surface area contributed by atoms with Crippen LogP contribution in [-0.4, -0.2) is 34.2 Å². The molecule has 0 spiro atoms. The molecule has 0 aliphatic heterocycles. The molecule has 5 nitrogen and oxygen atoms in total. The lowest BCUT2D eigenvalue weighted by Crippen LogP contribution is -2.38. The zero-order chi connectivity index (χ0) is 20.2. The second-order valence-electron chi connectivity index (χ2n) is 6.49. The Morgan fingerprint density at radius 1 is 1.22 bits per heavy atom. The highest BCUT2D eigenvalue weighted by Crippen LogP contribution is 2.29. The highest BCUT2D eigenvalue weighted by Gasteiger charge is 2.29. The Hall–Kier alpha value is -2.51. The molecule has 0 fully saturated rings. The van der Waals surface area contributed by atoms with Gasteiger partial charge in [-0.05, 0) is 38.5 Å². The topological polar surface area (TPSA) is 45.5 Å². The van der Waals surface area contributed by atoms with Gasteiger partial charge >= 0.3 is 6.18 Å². The van der Waals surface area contributed by atoms with E-state index in [2.05, 4.69) is 15.4 Å². The fourth-order valence-electron chi connectivity index (χ4n) is 2.82. The second kappa shape index (κ2) is 8.45. The maximum Gasteiger partial charge on any atom is 0.416 e. The molecule has 0 aliphatic carbocycles. The number of halogens is 3. The standard InChI is InChI=1S/C19H26F3N5/c1-6-23-18(24-11-17-13(2)25-27(5)14(17)3)26(4)12-15-7-9-16(10-8-15)19(20,21)22/h7-10H,6,11-12H2,1-5H3,(H,23,24). The molecule has 0 bridgehead atoms. The number of rotatable bonds is 5. The average molecular weight is 381 g/mol. The molecule has 0 unspecified atom stereocenters. The molecule has 1 heterocycles. The van der Waals surface area contributed by atoms with Gasteiger partial charge in [-0.25, -0.2) is 4.99 Å². The Labute approximate surface area is 157 Å². The van der Waals surface area contributed by atoms with Crippen molar-refractivity contribution in [1.29, 1.82) is 0 Å².